The number of methoxy groups -OCH3 is 1. The van der Waals surface area contributed by atoms with Crippen molar-refractivity contribution in [1.82, 2.24) is 5.32 Å². The van der Waals surface area contributed by atoms with Gasteiger partial charge in [0.15, 0.2) is 0 Å². The van der Waals surface area contributed by atoms with Crippen LogP contribution in [0, 0.1) is 5.92 Å². The third-order valence-corrected chi connectivity index (χ3v) is 2.76. The van der Waals surface area contributed by atoms with Crippen molar-refractivity contribution in [1.29, 1.82) is 0 Å². The van der Waals surface area contributed by atoms with Crippen LogP contribution in [0.1, 0.15) is 13.3 Å². The summed E-state index contributed by atoms with van der Waals surface area (Å²) in [6.45, 7) is 4.28. The van der Waals surface area contributed by atoms with Gasteiger partial charge in [0.25, 0.3) is 0 Å². The minimum absolute atomic E-state index is 0.673. The molecule has 0 heterocycles. The standard InChI is InChI=1S/C13H22N2O/c1-4-11(9-14-2)10-15-12-5-7-13(16-3)8-6-12/h5-8,11,14-15H,4,9-10H2,1-3H3. The van der Waals surface area contributed by atoms with Crippen molar-refractivity contribution < 1.29 is 4.74 Å². The van der Waals surface area contributed by atoms with E-state index in [4.69, 9.17) is 4.74 Å². The van der Waals surface area contributed by atoms with E-state index in [1.807, 2.05) is 31.3 Å². The average Bonchev–Trinajstić information content (AvgIpc) is 2.35. The van der Waals surface area contributed by atoms with Crippen LogP contribution in [0.25, 0.3) is 0 Å². The molecule has 3 nitrogen and oxygen atoms in total. The molecular weight excluding hydrogens is 200 g/mol. The van der Waals surface area contributed by atoms with Crippen molar-refractivity contribution in [3.63, 3.8) is 0 Å². The van der Waals surface area contributed by atoms with E-state index >= 15 is 0 Å². The van der Waals surface area contributed by atoms with Crippen LogP contribution in [-0.2, 0) is 0 Å². The summed E-state index contributed by atoms with van der Waals surface area (Å²) >= 11 is 0. The Morgan fingerprint density at radius 1 is 1.19 bits per heavy atom. The Morgan fingerprint density at radius 2 is 1.88 bits per heavy atom. The first kappa shape index (κ1) is 12.8. The fourth-order valence-electron chi connectivity index (χ4n) is 1.62. The van der Waals surface area contributed by atoms with Gasteiger partial charge in [-0.15, -0.1) is 0 Å². The van der Waals surface area contributed by atoms with Gasteiger partial charge in [0.2, 0.25) is 0 Å². The molecular formula is C13H22N2O. The first-order valence-corrected chi connectivity index (χ1v) is 5.82. The number of hydrogen-bond donors (Lipinski definition) is 2. The molecule has 0 aliphatic rings. The Balaban J connectivity index is 2.40. The zero-order valence-electron chi connectivity index (χ0n) is 10.4. The highest BCUT2D eigenvalue weighted by Crippen LogP contribution is 2.15. The van der Waals surface area contributed by atoms with Crippen LogP contribution in [0.15, 0.2) is 24.3 Å². The number of rotatable bonds is 7. The first-order valence-electron chi connectivity index (χ1n) is 5.82. The van der Waals surface area contributed by atoms with Crippen molar-refractivity contribution in [2.75, 3.05) is 32.6 Å². The number of ether oxygens (including phenoxy) is 1. The number of anilines is 1. The van der Waals surface area contributed by atoms with Crippen LogP contribution in [0.5, 0.6) is 5.75 Å². The molecule has 2 N–H and O–H groups in total. The maximum Gasteiger partial charge on any atom is 0.119 e. The lowest BCUT2D eigenvalue weighted by atomic mass is 10.1. The van der Waals surface area contributed by atoms with Crippen molar-refractivity contribution in [3.8, 4) is 5.75 Å². The second kappa shape index (κ2) is 7.12. The van der Waals surface area contributed by atoms with Crippen molar-refractivity contribution in [2.45, 2.75) is 13.3 Å². The Labute approximate surface area is 98.2 Å². The summed E-state index contributed by atoms with van der Waals surface area (Å²) in [4.78, 5) is 0. The monoisotopic (exact) mass is 222 g/mol. The molecule has 1 rings (SSSR count). The highest BCUT2D eigenvalue weighted by Gasteiger charge is 2.04. The quantitative estimate of drug-likeness (QED) is 0.743. The summed E-state index contributed by atoms with van der Waals surface area (Å²) in [5, 5.41) is 6.65. The van der Waals surface area contributed by atoms with Gasteiger partial charge in [0, 0.05) is 12.2 Å². The van der Waals surface area contributed by atoms with Gasteiger partial charge in [-0.05, 0) is 43.8 Å². The molecule has 0 bridgehead atoms. The Kier molecular flexibility index (Phi) is 5.72. The average molecular weight is 222 g/mol. The normalized spacial score (nSPS) is 12.2. The van der Waals surface area contributed by atoms with Gasteiger partial charge >= 0.3 is 0 Å². The molecule has 0 spiro atoms. The number of hydrogen-bond acceptors (Lipinski definition) is 3. The smallest absolute Gasteiger partial charge is 0.119 e. The van der Waals surface area contributed by atoms with Gasteiger partial charge in [0.05, 0.1) is 7.11 Å². The first-order chi connectivity index (χ1) is 7.80. The van der Waals surface area contributed by atoms with Crippen molar-refractivity contribution in [2.24, 2.45) is 5.92 Å². The van der Waals surface area contributed by atoms with Gasteiger partial charge in [0.1, 0.15) is 5.75 Å². The minimum Gasteiger partial charge on any atom is -0.497 e. The summed E-state index contributed by atoms with van der Waals surface area (Å²) in [6, 6.07) is 8.04. The lowest BCUT2D eigenvalue weighted by Gasteiger charge is -2.16. The van der Waals surface area contributed by atoms with Crippen LogP contribution in [0.3, 0.4) is 0 Å². The summed E-state index contributed by atoms with van der Waals surface area (Å²) in [7, 11) is 3.68. The molecule has 90 valence electrons. The van der Waals surface area contributed by atoms with Crippen LogP contribution < -0.4 is 15.4 Å². The molecule has 0 amide bonds. The van der Waals surface area contributed by atoms with Gasteiger partial charge in [-0.3, -0.25) is 0 Å². The van der Waals surface area contributed by atoms with E-state index in [-0.39, 0.29) is 0 Å². The lowest BCUT2D eigenvalue weighted by Crippen LogP contribution is -2.24. The van der Waals surface area contributed by atoms with Crippen LogP contribution >= 0.6 is 0 Å². The molecule has 1 unspecified atom stereocenters. The Bertz CT molecular complexity index is 284. The third-order valence-electron chi connectivity index (χ3n) is 2.76. The lowest BCUT2D eigenvalue weighted by molar-refractivity contribution is 0.415. The number of nitrogens with one attached hydrogen (secondary N) is 2. The Hall–Kier alpha value is -1.22. The highest BCUT2D eigenvalue weighted by atomic mass is 16.5. The molecule has 0 aliphatic heterocycles. The molecule has 0 saturated heterocycles. The minimum atomic E-state index is 0.673. The van der Waals surface area contributed by atoms with Crippen molar-refractivity contribution >= 4 is 5.69 Å². The maximum atomic E-state index is 5.12. The fourth-order valence-corrected chi connectivity index (χ4v) is 1.62. The van der Waals surface area contributed by atoms with E-state index in [2.05, 4.69) is 17.6 Å². The zero-order chi connectivity index (χ0) is 11.8. The van der Waals surface area contributed by atoms with Crippen LogP contribution in [-0.4, -0.2) is 27.2 Å². The predicted octanol–water partition coefficient (Wildman–Crippen LogP) is 2.35. The van der Waals surface area contributed by atoms with Gasteiger partial charge in [-0.25, -0.2) is 0 Å². The molecule has 0 aliphatic carbocycles. The highest BCUT2D eigenvalue weighted by molar-refractivity contribution is 5.46. The molecule has 1 aromatic rings. The summed E-state index contributed by atoms with van der Waals surface area (Å²) < 4.78 is 5.12. The molecule has 16 heavy (non-hydrogen) atoms. The second-order valence-electron chi connectivity index (χ2n) is 3.94. The Morgan fingerprint density at radius 3 is 2.38 bits per heavy atom. The zero-order valence-corrected chi connectivity index (χ0v) is 10.4. The maximum absolute atomic E-state index is 5.12. The van der Waals surface area contributed by atoms with E-state index in [9.17, 15) is 0 Å². The molecule has 0 saturated carbocycles. The molecule has 3 heteroatoms. The van der Waals surface area contributed by atoms with Crippen LogP contribution in [0.4, 0.5) is 5.69 Å². The third kappa shape index (κ3) is 4.11. The fraction of sp³-hybridized carbons (Fsp3) is 0.538. The van der Waals surface area contributed by atoms with E-state index in [1.54, 1.807) is 7.11 Å². The largest absolute Gasteiger partial charge is 0.497 e. The summed E-state index contributed by atoms with van der Waals surface area (Å²) in [5.74, 6) is 1.57. The molecule has 0 aromatic heterocycles. The summed E-state index contributed by atoms with van der Waals surface area (Å²) in [6.07, 6.45) is 1.18. The van der Waals surface area contributed by atoms with Crippen molar-refractivity contribution in [3.05, 3.63) is 24.3 Å². The van der Waals surface area contributed by atoms with E-state index in [0.29, 0.717) is 5.92 Å². The second-order valence-corrected chi connectivity index (χ2v) is 3.94. The SMILES string of the molecule is CCC(CNC)CNc1ccc(OC)cc1. The topological polar surface area (TPSA) is 33.3 Å². The predicted molar refractivity (Wildman–Crippen MR) is 69.2 cm³/mol. The van der Waals surface area contributed by atoms with Crippen LogP contribution in [0.2, 0.25) is 0 Å². The van der Waals surface area contributed by atoms with Gasteiger partial charge < -0.3 is 15.4 Å². The van der Waals surface area contributed by atoms with E-state index in [1.165, 1.54) is 6.42 Å². The molecule has 0 fully saturated rings. The molecule has 1 aromatic carbocycles. The molecule has 0 radical (unpaired) electrons. The molecule has 1 atom stereocenters. The van der Waals surface area contributed by atoms with Gasteiger partial charge in [-0.2, -0.15) is 0 Å². The van der Waals surface area contributed by atoms with E-state index < -0.39 is 0 Å². The van der Waals surface area contributed by atoms with E-state index in [0.717, 1.165) is 24.5 Å². The summed E-state index contributed by atoms with van der Waals surface area (Å²) in [5.41, 5.74) is 1.15. The van der Waals surface area contributed by atoms with Gasteiger partial charge in [-0.1, -0.05) is 13.3 Å². The number of benzene rings is 1.